The van der Waals surface area contributed by atoms with Crippen LogP contribution < -0.4 is 5.73 Å². The molecule has 0 saturated carbocycles. The number of halogens is 2. The van der Waals surface area contributed by atoms with Crippen LogP contribution in [0.2, 0.25) is 0 Å². The summed E-state index contributed by atoms with van der Waals surface area (Å²) < 4.78 is 26.5. The van der Waals surface area contributed by atoms with Crippen LogP contribution in [0.5, 0.6) is 0 Å². The first-order chi connectivity index (χ1) is 7.49. The number of aromatic nitrogens is 1. The Kier molecular flexibility index (Phi) is 2.50. The van der Waals surface area contributed by atoms with Crippen LogP contribution in [0.15, 0.2) is 18.2 Å². The minimum Gasteiger partial charge on any atom is -0.398 e. The predicted molar refractivity (Wildman–Crippen MR) is 60.2 cm³/mol. The summed E-state index contributed by atoms with van der Waals surface area (Å²) in [5, 5.41) is 0.321. The van der Waals surface area contributed by atoms with Crippen LogP contribution in [-0.2, 0) is 0 Å². The van der Waals surface area contributed by atoms with Crippen LogP contribution in [0, 0.1) is 11.6 Å². The molecular weight excluding hydrogens is 210 g/mol. The molecule has 4 heteroatoms. The van der Waals surface area contributed by atoms with Gasteiger partial charge in [0.1, 0.15) is 11.3 Å². The van der Waals surface area contributed by atoms with Gasteiger partial charge < -0.3 is 5.73 Å². The molecule has 0 spiro atoms. The zero-order valence-corrected chi connectivity index (χ0v) is 9.09. The van der Waals surface area contributed by atoms with Gasteiger partial charge in [-0.25, -0.2) is 13.8 Å². The van der Waals surface area contributed by atoms with E-state index in [-0.39, 0.29) is 11.4 Å². The maximum atomic E-state index is 13.5. The lowest BCUT2D eigenvalue weighted by atomic mass is 10.1. The third-order valence-corrected chi connectivity index (χ3v) is 2.48. The van der Waals surface area contributed by atoms with E-state index in [2.05, 4.69) is 4.98 Å². The molecular formula is C12H12F2N2. The van der Waals surface area contributed by atoms with Gasteiger partial charge in [-0.1, -0.05) is 13.8 Å². The van der Waals surface area contributed by atoms with E-state index in [0.717, 1.165) is 6.07 Å². The molecule has 0 amide bonds. The Balaban J connectivity index is 2.82. The van der Waals surface area contributed by atoms with Gasteiger partial charge in [0.15, 0.2) is 5.82 Å². The summed E-state index contributed by atoms with van der Waals surface area (Å²) in [6.07, 6.45) is 0. The second-order valence-electron chi connectivity index (χ2n) is 4.07. The third kappa shape index (κ3) is 1.71. The highest BCUT2D eigenvalue weighted by Gasteiger charge is 2.11. The molecule has 2 rings (SSSR count). The average molecular weight is 222 g/mol. The lowest BCUT2D eigenvalue weighted by molar-refractivity contribution is 0.590. The number of nitrogen functional groups attached to an aromatic ring is 1. The molecule has 2 N–H and O–H groups in total. The second kappa shape index (κ2) is 3.70. The Bertz CT molecular complexity index is 550. The molecule has 0 radical (unpaired) electrons. The largest absolute Gasteiger partial charge is 0.398 e. The van der Waals surface area contributed by atoms with Gasteiger partial charge >= 0.3 is 0 Å². The van der Waals surface area contributed by atoms with E-state index in [0.29, 0.717) is 16.8 Å². The molecule has 0 atom stereocenters. The standard InChI is InChI=1S/C12H12F2N2/c1-6(2)11-5-10(15)8-3-7(13)4-9(14)12(8)16-11/h3-6H,1-2H3,(H2,15,16). The minimum atomic E-state index is -0.677. The lowest BCUT2D eigenvalue weighted by Gasteiger charge is -2.09. The van der Waals surface area contributed by atoms with Crippen molar-refractivity contribution in [3.05, 3.63) is 35.5 Å². The number of benzene rings is 1. The zero-order valence-electron chi connectivity index (χ0n) is 9.09. The summed E-state index contributed by atoms with van der Waals surface area (Å²) in [4.78, 5) is 4.15. The molecule has 0 aliphatic rings. The summed E-state index contributed by atoms with van der Waals surface area (Å²) >= 11 is 0. The van der Waals surface area contributed by atoms with Gasteiger partial charge in [0.2, 0.25) is 0 Å². The molecule has 2 nitrogen and oxygen atoms in total. The molecule has 16 heavy (non-hydrogen) atoms. The number of hydrogen-bond donors (Lipinski definition) is 1. The van der Waals surface area contributed by atoms with Gasteiger partial charge in [-0.3, -0.25) is 0 Å². The first-order valence-corrected chi connectivity index (χ1v) is 5.04. The Hall–Kier alpha value is -1.71. The van der Waals surface area contributed by atoms with Gasteiger partial charge in [0.25, 0.3) is 0 Å². The van der Waals surface area contributed by atoms with Crippen LogP contribution >= 0.6 is 0 Å². The second-order valence-corrected chi connectivity index (χ2v) is 4.07. The Morgan fingerprint density at radius 1 is 1.19 bits per heavy atom. The summed E-state index contributed by atoms with van der Waals surface area (Å²) in [6, 6.07) is 3.68. The normalized spacial score (nSPS) is 11.3. The maximum absolute atomic E-state index is 13.5. The SMILES string of the molecule is CC(C)c1cc(N)c2cc(F)cc(F)c2n1. The van der Waals surface area contributed by atoms with E-state index < -0.39 is 11.6 Å². The number of fused-ring (bicyclic) bond motifs is 1. The first-order valence-electron chi connectivity index (χ1n) is 5.04. The summed E-state index contributed by atoms with van der Waals surface area (Å²) in [7, 11) is 0. The van der Waals surface area contributed by atoms with Crippen LogP contribution in [0.3, 0.4) is 0 Å². The summed E-state index contributed by atoms with van der Waals surface area (Å²) in [5.74, 6) is -1.17. The van der Waals surface area contributed by atoms with Crippen molar-refractivity contribution in [2.75, 3.05) is 5.73 Å². The molecule has 0 saturated heterocycles. The molecule has 1 aromatic heterocycles. The molecule has 1 heterocycles. The molecule has 0 aliphatic carbocycles. The fraction of sp³-hybridized carbons (Fsp3) is 0.250. The average Bonchev–Trinajstić information content (AvgIpc) is 2.19. The quantitative estimate of drug-likeness (QED) is 0.804. The number of hydrogen-bond acceptors (Lipinski definition) is 2. The molecule has 0 bridgehead atoms. The lowest BCUT2D eigenvalue weighted by Crippen LogP contribution is -1.99. The van der Waals surface area contributed by atoms with Crippen molar-refractivity contribution in [1.29, 1.82) is 0 Å². The highest BCUT2D eigenvalue weighted by molar-refractivity contribution is 5.90. The molecule has 0 aliphatic heterocycles. The van der Waals surface area contributed by atoms with E-state index >= 15 is 0 Å². The number of rotatable bonds is 1. The summed E-state index contributed by atoms with van der Waals surface area (Å²) in [6.45, 7) is 3.88. The number of anilines is 1. The van der Waals surface area contributed by atoms with E-state index in [1.54, 1.807) is 6.07 Å². The zero-order chi connectivity index (χ0) is 11.9. The Morgan fingerprint density at radius 3 is 2.50 bits per heavy atom. The van der Waals surface area contributed by atoms with Gasteiger partial charge in [-0.15, -0.1) is 0 Å². The van der Waals surface area contributed by atoms with Crippen molar-refractivity contribution in [3.8, 4) is 0 Å². The number of nitrogens with two attached hydrogens (primary N) is 1. The number of nitrogens with zero attached hydrogens (tertiary/aromatic N) is 1. The van der Waals surface area contributed by atoms with Gasteiger partial charge in [0.05, 0.1) is 0 Å². The highest BCUT2D eigenvalue weighted by atomic mass is 19.1. The van der Waals surface area contributed by atoms with Gasteiger partial charge in [-0.05, 0) is 18.1 Å². The molecule has 2 aromatic rings. The monoisotopic (exact) mass is 222 g/mol. The van der Waals surface area contributed by atoms with Gasteiger partial charge in [0, 0.05) is 22.8 Å². The van der Waals surface area contributed by atoms with E-state index in [9.17, 15) is 8.78 Å². The number of pyridine rings is 1. The van der Waals surface area contributed by atoms with Crippen molar-refractivity contribution >= 4 is 16.6 Å². The highest BCUT2D eigenvalue weighted by Crippen LogP contribution is 2.26. The van der Waals surface area contributed by atoms with Crippen LogP contribution in [-0.4, -0.2) is 4.98 Å². The van der Waals surface area contributed by atoms with Crippen molar-refractivity contribution < 1.29 is 8.78 Å². The fourth-order valence-electron chi connectivity index (χ4n) is 1.59. The smallest absolute Gasteiger partial charge is 0.152 e. The minimum absolute atomic E-state index is 0.130. The molecule has 0 fully saturated rings. The fourth-order valence-corrected chi connectivity index (χ4v) is 1.59. The van der Waals surface area contributed by atoms with Crippen LogP contribution in [0.4, 0.5) is 14.5 Å². The Labute approximate surface area is 92.1 Å². The van der Waals surface area contributed by atoms with E-state index in [1.165, 1.54) is 6.07 Å². The van der Waals surface area contributed by atoms with E-state index in [1.807, 2.05) is 13.8 Å². The van der Waals surface area contributed by atoms with Crippen molar-refractivity contribution in [3.63, 3.8) is 0 Å². The van der Waals surface area contributed by atoms with Crippen LogP contribution in [0.25, 0.3) is 10.9 Å². The Morgan fingerprint density at radius 2 is 1.88 bits per heavy atom. The third-order valence-electron chi connectivity index (χ3n) is 2.48. The van der Waals surface area contributed by atoms with E-state index in [4.69, 9.17) is 5.73 Å². The van der Waals surface area contributed by atoms with Crippen molar-refractivity contribution in [2.45, 2.75) is 19.8 Å². The first kappa shape index (κ1) is 10.8. The van der Waals surface area contributed by atoms with Crippen molar-refractivity contribution in [2.24, 2.45) is 0 Å². The molecule has 84 valence electrons. The summed E-state index contributed by atoms with van der Waals surface area (Å²) in [5.41, 5.74) is 6.95. The molecule has 1 aromatic carbocycles. The van der Waals surface area contributed by atoms with Crippen LogP contribution in [0.1, 0.15) is 25.5 Å². The molecule has 0 unspecified atom stereocenters. The van der Waals surface area contributed by atoms with Gasteiger partial charge in [-0.2, -0.15) is 0 Å². The predicted octanol–water partition coefficient (Wildman–Crippen LogP) is 3.22. The maximum Gasteiger partial charge on any atom is 0.152 e. The topological polar surface area (TPSA) is 38.9 Å². The van der Waals surface area contributed by atoms with Crippen molar-refractivity contribution in [1.82, 2.24) is 4.98 Å².